The lowest BCUT2D eigenvalue weighted by molar-refractivity contribution is -0.167. The van der Waals surface area contributed by atoms with Gasteiger partial charge in [-0.2, -0.15) is 4.31 Å². The summed E-state index contributed by atoms with van der Waals surface area (Å²) >= 11 is 6.02. The van der Waals surface area contributed by atoms with E-state index in [0.29, 0.717) is 36.3 Å². The summed E-state index contributed by atoms with van der Waals surface area (Å²) in [4.78, 5) is 39.0. The summed E-state index contributed by atoms with van der Waals surface area (Å²) in [6.07, 6.45) is 0.455. The first-order valence-corrected chi connectivity index (χ1v) is 14.5. The molecule has 2 fully saturated rings. The predicted octanol–water partition coefficient (Wildman–Crippen LogP) is 3.03. The normalized spacial score (nSPS) is 18.1. The van der Waals surface area contributed by atoms with Crippen LogP contribution in [0.3, 0.4) is 0 Å². The summed E-state index contributed by atoms with van der Waals surface area (Å²) in [5.74, 6) is -1.61. The van der Waals surface area contributed by atoms with Crippen LogP contribution in [0, 0.1) is 0 Å². The van der Waals surface area contributed by atoms with Crippen LogP contribution in [0.4, 0.5) is 4.79 Å². The SMILES string of the molecule is CC(C)(C)OC(=O)N1CCC(N(CC(=O)O)N2CCN(S(=O)(=O)c3ccc4cc(Cl)ccc4c3)CC2=O)CC1. The lowest BCUT2D eigenvalue weighted by Gasteiger charge is -2.45. The highest BCUT2D eigenvalue weighted by Crippen LogP contribution is 2.27. The zero-order valence-electron chi connectivity index (χ0n) is 22.2. The van der Waals surface area contributed by atoms with Gasteiger partial charge < -0.3 is 14.7 Å². The van der Waals surface area contributed by atoms with Gasteiger partial charge in [-0.1, -0.05) is 23.7 Å². The Balaban J connectivity index is 1.45. The third-order valence-corrected chi connectivity index (χ3v) is 8.79. The highest BCUT2D eigenvalue weighted by Gasteiger charge is 2.39. The minimum atomic E-state index is -3.97. The number of piperazine rings is 1. The van der Waals surface area contributed by atoms with Gasteiger partial charge in [0.15, 0.2) is 0 Å². The Bertz CT molecular complexity index is 1370. The van der Waals surface area contributed by atoms with E-state index in [9.17, 15) is 27.9 Å². The Hall–Kier alpha value is -2.93. The van der Waals surface area contributed by atoms with E-state index in [-0.39, 0.29) is 24.0 Å². The van der Waals surface area contributed by atoms with Gasteiger partial charge in [-0.25, -0.2) is 18.2 Å². The molecule has 0 saturated carbocycles. The second-order valence-electron chi connectivity index (χ2n) is 10.7. The van der Waals surface area contributed by atoms with E-state index in [1.165, 1.54) is 16.1 Å². The molecule has 2 heterocycles. The number of halogens is 1. The number of rotatable bonds is 6. The molecule has 2 aromatic rings. The number of benzene rings is 2. The minimum Gasteiger partial charge on any atom is -0.480 e. The first kappa shape index (κ1) is 29.1. The van der Waals surface area contributed by atoms with E-state index in [2.05, 4.69) is 0 Å². The van der Waals surface area contributed by atoms with Crippen LogP contribution in [0.2, 0.25) is 5.02 Å². The van der Waals surface area contributed by atoms with Crippen molar-refractivity contribution in [3.63, 3.8) is 0 Å². The van der Waals surface area contributed by atoms with Crippen LogP contribution in [0.1, 0.15) is 33.6 Å². The number of piperidine rings is 1. The molecule has 0 radical (unpaired) electrons. The summed E-state index contributed by atoms with van der Waals surface area (Å²) in [6.45, 7) is 5.27. The molecule has 2 amide bonds. The molecule has 0 aromatic heterocycles. The number of hydrogen-bond acceptors (Lipinski definition) is 7. The van der Waals surface area contributed by atoms with Gasteiger partial charge in [-0.15, -0.1) is 0 Å². The second kappa shape index (κ2) is 11.3. The predicted molar refractivity (Wildman–Crippen MR) is 145 cm³/mol. The third-order valence-electron chi connectivity index (χ3n) is 6.72. The lowest BCUT2D eigenvalue weighted by atomic mass is 10.0. The molecule has 4 rings (SSSR count). The number of amides is 2. The number of aliphatic carboxylic acids is 1. The molecule has 1 N–H and O–H groups in total. The van der Waals surface area contributed by atoms with Crippen LogP contribution in [-0.2, 0) is 24.3 Å². The quantitative estimate of drug-likeness (QED) is 0.552. The Labute approximate surface area is 232 Å². The Morgan fingerprint density at radius 2 is 1.69 bits per heavy atom. The summed E-state index contributed by atoms with van der Waals surface area (Å²) in [7, 11) is -3.97. The van der Waals surface area contributed by atoms with E-state index in [0.717, 1.165) is 9.69 Å². The zero-order chi connectivity index (χ0) is 28.5. The number of carbonyl (C=O) groups is 3. The summed E-state index contributed by atoms with van der Waals surface area (Å²) < 4.78 is 33.3. The first-order valence-electron chi connectivity index (χ1n) is 12.7. The fraction of sp³-hybridized carbons (Fsp3) is 0.500. The average molecular weight is 581 g/mol. The third kappa shape index (κ3) is 6.81. The van der Waals surface area contributed by atoms with Crippen molar-refractivity contribution in [3.8, 4) is 0 Å². The van der Waals surface area contributed by atoms with Gasteiger partial charge in [0.1, 0.15) is 12.1 Å². The smallest absolute Gasteiger partial charge is 0.410 e. The van der Waals surface area contributed by atoms with E-state index in [1.807, 2.05) is 0 Å². The van der Waals surface area contributed by atoms with Crippen LogP contribution < -0.4 is 0 Å². The molecule has 11 nitrogen and oxygen atoms in total. The van der Waals surface area contributed by atoms with E-state index in [4.69, 9.17) is 16.3 Å². The van der Waals surface area contributed by atoms with Crippen LogP contribution in [0.15, 0.2) is 41.3 Å². The number of nitrogens with zero attached hydrogens (tertiary/aromatic N) is 4. The topological polar surface area (TPSA) is 128 Å². The highest BCUT2D eigenvalue weighted by molar-refractivity contribution is 7.89. The number of ether oxygens (including phenoxy) is 1. The van der Waals surface area contributed by atoms with E-state index in [1.54, 1.807) is 56.0 Å². The van der Waals surface area contributed by atoms with Crippen molar-refractivity contribution in [3.05, 3.63) is 41.4 Å². The number of sulfonamides is 1. The molecule has 2 aromatic carbocycles. The molecule has 2 aliphatic rings. The van der Waals surface area contributed by atoms with E-state index >= 15 is 0 Å². The zero-order valence-corrected chi connectivity index (χ0v) is 23.7. The van der Waals surface area contributed by atoms with Gasteiger partial charge >= 0.3 is 12.1 Å². The van der Waals surface area contributed by atoms with Crippen LogP contribution in [0.25, 0.3) is 10.8 Å². The van der Waals surface area contributed by atoms with Crippen LogP contribution >= 0.6 is 11.6 Å². The Morgan fingerprint density at radius 1 is 1.05 bits per heavy atom. The molecule has 0 bridgehead atoms. The maximum atomic E-state index is 13.4. The number of hydrazine groups is 1. The summed E-state index contributed by atoms with van der Waals surface area (Å²) in [6, 6.07) is 9.55. The maximum Gasteiger partial charge on any atom is 0.410 e. The van der Waals surface area contributed by atoms with E-state index < -0.39 is 46.7 Å². The number of carbonyl (C=O) groups excluding carboxylic acids is 2. The fourth-order valence-electron chi connectivity index (χ4n) is 4.85. The summed E-state index contributed by atoms with van der Waals surface area (Å²) in [5.41, 5.74) is -0.629. The average Bonchev–Trinajstić information content (AvgIpc) is 2.86. The van der Waals surface area contributed by atoms with Gasteiger partial charge in [0.25, 0.3) is 5.91 Å². The molecule has 39 heavy (non-hydrogen) atoms. The van der Waals surface area contributed by atoms with Gasteiger partial charge in [0.2, 0.25) is 10.0 Å². The van der Waals surface area contributed by atoms with Crippen LogP contribution in [0.5, 0.6) is 0 Å². The number of fused-ring (bicyclic) bond motifs is 1. The largest absolute Gasteiger partial charge is 0.480 e. The van der Waals surface area contributed by atoms with Gasteiger partial charge in [0.05, 0.1) is 18.0 Å². The number of hydrogen-bond donors (Lipinski definition) is 1. The number of likely N-dealkylation sites (tertiary alicyclic amines) is 1. The molecule has 0 aliphatic carbocycles. The molecule has 0 spiro atoms. The van der Waals surface area contributed by atoms with Crippen molar-refractivity contribution >= 4 is 50.4 Å². The molecule has 0 atom stereocenters. The molecular weight excluding hydrogens is 548 g/mol. The molecule has 2 saturated heterocycles. The molecule has 212 valence electrons. The number of carboxylic acid groups (broad SMARTS) is 1. The maximum absolute atomic E-state index is 13.4. The van der Waals surface area contributed by atoms with Crippen molar-refractivity contribution < 1.29 is 32.6 Å². The first-order chi connectivity index (χ1) is 18.2. The van der Waals surface area contributed by atoms with Crippen molar-refractivity contribution in [1.82, 2.24) is 19.2 Å². The van der Waals surface area contributed by atoms with Gasteiger partial charge in [0, 0.05) is 30.7 Å². The van der Waals surface area contributed by atoms with Crippen molar-refractivity contribution in [1.29, 1.82) is 0 Å². The van der Waals surface area contributed by atoms with Crippen LogP contribution in [-0.4, -0.2) is 102 Å². The monoisotopic (exact) mass is 580 g/mol. The molecule has 0 unspecified atom stereocenters. The molecule has 13 heteroatoms. The highest BCUT2D eigenvalue weighted by atomic mass is 35.5. The Kier molecular flexibility index (Phi) is 8.41. The molecule has 2 aliphatic heterocycles. The Morgan fingerprint density at radius 3 is 2.31 bits per heavy atom. The lowest BCUT2D eigenvalue weighted by Crippen LogP contribution is -2.62. The minimum absolute atomic E-state index is 0.0135. The van der Waals surface area contributed by atoms with Crippen molar-refractivity contribution in [2.24, 2.45) is 0 Å². The molecular formula is C26H33ClN4O7S. The second-order valence-corrected chi connectivity index (χ2v) is 13.1. The van der Waals surface area contributed by atoms with Crippen molar-refractivity contribution in [2.75, 3.05) is 39.3 Å². The van der Waals surface area contributed by atoms with Gasteiger partial charge in [-0.3, -0.25) is 14.6 Å². The van der Waals surface area contributed by atoms with Gasteiger partial charge in [-0.05, 0) is 68.7 Å². The standard InChI is InChI=1S/C26H33ClN4O7S/c1-26(2,3)38-25(35)28-10-8-21(9-11-28)31(17-24(33)34)30-13-12-29(16-23(30)32)39(36,37)22-7-5-18-14-20(27)6-4-19(18)15-22/h4-7,14-15,21H,8-13,16-17H2,1-3H3,(H,33,34). The summed E-state index contributed by atoms with van der Waals surface area (Å²) in [5, 5.41) is 14.4. The fourth-order valence-corrected chi connectivity index (χ4v) is 6.44. The number of carboxylic acids is 1. The van der Waals surface area contributed by atoms with Crippen molar-refractivity contribution in [2.45, 2.75) is 50.2 Å².